The zero-order chi connectivity index (χ0) is 21.3. The topological polar surface area (TPSA) is 109 Å². The number of nitrogens with zero attached hydrogens (tertiary/aromatic N) is 1. The number of benzene rings is 2. The molecule has 0 bridgehead atoms. The van der Waals surface area contributed by atoms with E-state index in [1.165, 1.54) is 22.5 Å². The number of carbonyl (C=O) groups is 1. The summed E-state index contributed by atoms with van der Waals surface area (Å²) in [7, 11) is -3.75. The SMILES string of the molecule is O=C(Nc1ccc(Cl)cc1)c1cc(=O)[nH]c2ccc(S(=O)(=O)N3CCOCC3)cc12. The van der Waals surface area contributed by atoms with Crippen molar-refractivity contribution >= 4 is 44.1 Å². The summed E-state index contributed by atoms with van der Waals surface area (Å²) in [5.74, 6) is -0.533. The van der Waals surface area contributed by atoms with Gasteiger partial charge < -0.3 is 15.0 Å². The van der Waals surface area contributed by atoms with E-state index < -0.39 is 21.5 Å². The second kappa shape index (κ2) is 8.19. The van der Waals surface area contributed by atoms with E-state index in [2.05, 4.69) is 10.3 Å². The number of ether oxygens (including phenoxy) is 1. The highest BCUT2D eigenvalue weighted by Crippen LogP contribution is 2.24. The molecule has 4 rings (SSSR count). The number of carbonyl (C=O) groups excluding carboxylic acids is 1. The zero-order valence-electron chi connectivity index (χ0n) is 15.7. The number of aromatic nitrogens is 1. The van der Waals surface area contributed by atoms with Gasteiger partial charge >= 0.3 is 0 Å². The number of morpholine rings is 1. The Labute approximate surface area is 177 Å². The van der Waals surface area contributed by atoms with E-state index >= 15 is 0 Å². The number of halogens is 1. The molecule has 8 nitrogen and oxygen atoms in total. The quantitative estimate of drug-likeness (QED) is 0.638. The Morgan fingerprint density at radius 2 is 1.77 bits per heavy atom. The molecule has 1 fully saturated rings. The van der Waals surface area contributed by atoms with Crippen molar-refractivity contribution in [2.45, 2.75) is 4.90 Å². The van der Waals surface area contributed by atoms with Gasteiger partial charge in [-0.2, -0.15) is 4.31 Å². The minimum absolute atomic E-state index is 0.0458. The first kappa shape index (κ1) is 20.5. The summed E-state index contributed by atoms with van der Waals surface area (Å²) in [6.07, 6.45) is 0. The van der Waals surface area contributed by atoms with E-state index in [0.29, 0.717) is 34.8 Å². The minimum atomic E-state index is -3.75. The van der Waals surface area contributed by atoms with Crippen LogP contribution in [0, 0.1) is 0 Å². The van der Waals surface area contributed by atoms with Crippen LogP contribution in [0.3, 0.4) is 0 Å². The molecular weight excluding hydrogens is 430 g/mol. The fourth-order valence-corrected chi connectivity index (χ4v) is 4.81. The molecule has 1 aliphatic rings. The third-order valence-corrected chi connectivity index (χ3v) is 6.92. The molecule has 0 radical (unpaired) electrons. The molecule has 0 unspecified atom stereocenters. The molecular formula is C20H18ClN3O5S. The standard InChI is InChI=1S/C20H18ClN3O5S/c21-13-1-3-14(4-2-13)22-20(26)17-12-19(25)23-18-6-5-15(11-16(17)18)30(27,28)24-7-9-29-10-8-24/h1-6,11-12H,7-10H2,(H,22,26)(H,23,25). The van der Waals surface area contributed by atoms with Crippen LogP contribution in [0.2, 0.25) is 5.02 Å². The first-order valence-electron chi connectivity index (χ1n) is 9.16. The van der Waals surface area contributed by atoms with Crippen LogP contribution in [0.5, 0.6) is 0 Å². The number of fused-ring (bicyclic) bond motifs is 1. The molecule has 1 aromatic heterocycles. The van der Waals surface area contributed by atoms with Crippen molar-refractivity contribution in [3.8, 4) is 0 Å². The van der Waals surface area contributed by atoms with Crippen molar-refractivity contribution in [2.75, 3.05) is 31.6 Å². The zero-order valence-corrected chi connectivity index (χ0v) is 17.3. The van der Waals surface area contributed by atoms with Gasteiger partial charge in [0.2, 0.25) is 15.6 Å². The molecule has 30 heavy (non-hydrogen) atoms. The average molecular weight is 448 g/mol. The van der Waals surface area contributed by atoms with E-state index in [1.54, 1.807) is 24.3 Å². The molecule has 1 saturated heterocycles. The fraction of sp³-hybridized carbons (Fsp3) is 0.200. The summed E-state index contributed by atoms with van der Waals surface area (Å²) in [5.41, 5.74) is 0.467. The summed E-state index contributed by atoms with van der Waals surface area (Å²) in [4.78, 5) is 27.6. The number of sulfonamides is 1. The lowest BCUT2D eigenvalue weighted by atomic mass is 10.1. The number of rotatable bonds is 4. The van der Waals surface area contributed by atoms with Crippen molar-refractivity contribution in [3.05, 3.63) is 69.5 Å². The van der Waals surface area contributed by atoms with E-state index in [9.17, 15) is 18.0 Å². The van der Waals surface area contributed by atoms with E-state index in [4.69, 9.17) is 16.3 Å². The summed E-state index contributed by atoms with van der Waals surface area (Å²) in [6, 6.07) is 12.0. The number of aromatic amines is 1. The predicted octanol–water partition coefficient (Wildman–Crippen LogP) is 2.45. The molecule has 3 aromatic rings. The van der Waals surface area contributed by atoms with Crippen LogP contribution >= 0.6 is 11.6 Å². The first-order valence-corrected chi connectivity index (χ1v) is 11.0. The Morgan fingerprint density at radius 3 is 2.47 bits per heavy atom. The normalized spacial score (nSPS) is 15.2. The number of pyridine rings is 1. The Kier molecular flexibility index (Phi) is 5.61. The third kappa shape index (κ3) is 4.10. The Hall–Kier alpha value is -2.72. The van der Waals surface area contributed by atoms with Crippen LogP contribution in [-0.2, 0) is 14.8 Å². The van der Waals surface area contributed by atoms with Crippen molar-refractivity contribution in [1.29, 1.82) is 0 Å². The smallest absolute Gasteiger partial charge is 0.256 e. The fourth-order valence-electron chi connectivity index (χ4n) is 3.25. The van der Waals surface area contributed by atoms with Crippen molar-refractivity contribution in [3.63, 3.8) is 0 Å². The lowest BCUT2D eigenvalue weighted by Gasteiger charge is -2.26. The molecule has 156 valence electrons. The number of hydrogen-bond donors (Lipinski definition) is 2. The third-order valence-electron chi connectivity index (χ3n) is 4.77. The number of H-pyrrole nitrogens is 1. The molecule has 2 N–H and O–H groups in total. The van der Waals surface area contributed by atoms with E-state index in [1.807, 2.05) is 0 Å². The monoisotopic (exact) mass is 447 g/mol. The van der Waals surface area contributed by atoms with Gasteiger partial charge in [-0.3, -0.25) is 9.59 Å². The van der Waals surface area contributed by atoms with Crippen LogP contribution < -0.4 is 10.9 Å². The van der Waals surface area contributed by atoms with Crippen molar-refractivity contribution in [1.82, 2.24) is 9.29 Å². The highest BCUT2D eigenvalue weighted by atomic mass is 35.5. The van der Waals surface area contributed by atoms with Gasteiger partial charge in [0.15, 0.2) is 0 Å². The lowest BCUT2D eigenvalue weighted by molar-refractivity contribution is 0.0730. The molecule has 0 saturated carbocycles. The Morgan fingerprint density at radius 1 is 1.07 bits per heavy atom. The number of hydrogen-bond acceptors (Lipinski definition) is 5. The molecule has 1 amide bonds. The maximum Gasteiger partial charge on any atom is 0.256 e. The number of amides is 1. The molecule has 2 aromatic carbocycles. The van der Waals surface area contributed by atoms with Crippen LogP contribution in [-0.4, -0.2) is 49.9 Å². The second-order valence-electron chi connectivity index (χ2n) is 6.73. The number of anilines is 1. The Bertz CT molecular complexity index is 1270. The van der Waals surface area contributed by atoms with Gasteiger partial charge in [-0.05, 0) is 42.5 Å². The largest absolute Gasteiger partial charge is 0.379 e. The molecule has 0 atom stereocenters. The molecule has 10 heteroatoms. The van der Waals surface area contributed by atoms with Crippen LogP contribution in [0.4, 0.5) is 5.69 Å². The van der Waals surface area contributed by atoms with Gasteiger partial charge in [0, 0.05) is 40.8 Å². The molecule has 0 aliphatic carbocycles. The molecule has 0 spiro atoms. The first-order chi connectivity index (χ1) is 14.3. The maximum absolute atomic E-state index is 13.0. The maximum atomic E-state index is 13.0. The highest BCUT2D eigenvalue weighted by molar-refractivity contribution is 7.89. The van der Waals surface area contributed by atoms with Gasteiger partial charge in [-0.15, -0.1) is 0 Å². The summed E-state index contributed by atoms with van der Waals surface area (Å²) < 4.78 is 32.5. The predicted molar refractivity (Wildman–Crippen MR) is 114 cm³/mol. The van der Waals surface area contributed by atoms with Crippen LogP contribution in [0.1, 0.15) is 10.4 Å². The van der Waals surface area contributed by atoms with Gasteiger partial charge in [0.25, 0.3) is 5.91 Å². The van der Waals surface area contributed by atoms with Gasteiger partial charge in [0.1, 0.15) is 0 Å². The van der Waals surface area contributed by atoms with E-state index in [-0.39, 0.29) is 23.5 Å². The number of nitrogens with one attached hydrogen (secondary N) is 2. The van der Waals surface area contributed by atoms with Crippen molar-refractivity contribution in [2.24, 2.45) is 0 Å². The highest BCUT2D eigenvalue weighted by Gasteiger charge is 2.27. The van der Waals surface area contributed by atoms with Gasteiger partial charge in [-0.25, -0.2) is 8.42 Å². The minimum Gasteiger partial charge on any atom is -0.379 e. The lowest BCUT2D eigenvalue weighted by Crippen LogP contribution is -2.40. The van der Waals surface area contributed by atoms with E-state index in [0.717, 1.165) is 6.07 Å². The van der Waals surface area contributed by atoms with Crippen LogP contribution in [0.25, 0.3) is 10.9 Å². The van der Waals surface area contributed by atoms with Crippen molar-refractivity contribution < 1.29 is 17.9 Å². The molecule has 2 heterocycles. The Balaban J connectivity index is 1.75. The van der Waals surface area contributed by atoms with Crippen LogP contribution in [0.15, 0.2) is 58.2 Å². The molecule has 1 aliphatic heterocycles. The van der Waals surface area contributed by atoms with Gasteiger partial charge in [0.05, 0.1) is 23.7 Å². The second-order valence-corrected chi connectivity index (χ2v) is 9.11. The summed E-state index contributed by atoms with van der Waals surface area (Å²) in [5, 5.41) is 3.55. The summed E-state index contributed by atoms with van der Waals surface area (Å²) >= 11 is 5.86. The summed E-state index contributed by atoms with van der Waals surface area (Å²) in [6.45, 7) is 1.18. The average Bonchev–Trinajstić information content (AvgIpc) is 2.75. The van der Waals surface area contributed by atoms with Gasteiger partial charge in [-0.1, -0.05) is 11.6 Å².